The van der Waals surface area contributed by atoms with E-state index >= 15 is 0 Å². The van der Waals surface area contributed by atoms with E-state index < -0.39 is 0 Å². The van der Waals surface area contributed by atoms with Gasteiger partial charge in [-0.05, 0) is 34.1 Å². The highest BCUT2D eigenvalue weighted by Gasteiger charge is 2.12. The minimum Gasteiger partial charge on any atom is -0.496 e. The van der Waals surface area contributed by atoms with Crippen LogP contribution in [0.1, 0.15) is 5.69 Å². The van der Waals surface area contributed by atoms with Crippen LogP contribution in [0.15, 0.2) is 22.7 Å². The molecule has 76 valence electrons. The fourth-order valence-electron chi connectivity index (χ4n) is 1.68. The Morgan fingerprint density at radius 1 is 1.47 bits per heavy atom. The van der Waals surface area contributed by atoms with Crippen LogP contribution < -0.4 is 4.74 Å². The van der Waals surface area contributed by atoms with Crippen molar-refractivity contribution in [2.45, 2.75) is 0 Å². The maximum atomic E-state index is 8.95. The quantitative estimate of drug-likeness (QED) is 0.795. The average Bonchev–Trinajstić information content (AvgIpc) is 2.57. The fraction of sp³-hybridized carbons (Fsp3) is 0.182. The molecule has 1 heterocycles. The number of nitriles is 1. The monoisotopic (exact) mass is 264 g/mol. The molecular formula is C11H9BrN2O. The Hall–Kier alpha value is -1.47. The number of fused-ring (bicyclic) bond motifs is 1. The van der Waals surface area contributed by atoms with Crippen molar-refractivity contribution in [3.63, 3.8) is 0 Å². The molecule has 0 saturated carbocycles. The van der Waals surface area contributed by atoms with Gasteiger partial charge >= 0.3 is 0 Å². The number of aryl methyl sites for hydroxylation is 1. The molecule has 0 bridgehead atoms. The molecule has 0 aliphatic heterocycles. The minimum absolute atomic E-state index is 0.621. The van der Waals surface area contributed by atoms with Crippen molar-refractivity contribution >= 4 is 26.8 Å². The lowest BCUT2D eigenvalue weighted by atomic mass is 10.2. The van der Waals surface area contributed by atoms with Crippen LogP contribution in [-0.4, -0.2) is 11.7 Å². The molecule has 0 fully saturated rings. The van der Waals surface area contributed by atoms with Gasteiger partial charge in [-0.1, -0.05) is 0 Å². The summed E-state index contributed by atoms with van der Waals surface area (Å²) in [6, 6.07) is 7.78. The summed E-state index contributed by atoms with van der Waals surface area (Å²) in [7, 11) is 3.49. The zero-order valence-electron chi connectivity index (χ0n) is 8.41. The molecule has 0 N–H and O–H groups in total. The summed E-state index contributed by atoms with van der Waals surface area (Å²) >= 11 is 3.47. The van der Waals surface area contributed by atoms with Crippen LogP contribution in [0.5, 0.6) is 5.75 Å². The number of hydrogen-bond donors (Lipinski definition) is 0. The Morgan fingerprint density at radius 3 is 2.80 bits per heavy atom. The third-order valence-electron chi connectivity index (χ3n) is 2.44. The average molecular weight is 265 g/mol. The molecule has 0 radical (unpaired) electrons. The Labute approximate surface area is 96.0 Å². The summed E-state index contributed by atoms with van der Waals surface area (Å²) in [5, 5.41) is 9.90. The molecule has 0 atom stereocenters. The highest BCUT2D eigenvalue weighted by atomic mass is 79.9. The van der Waals surface area contributed by atoms with Gasteiger partial charge in [-0.2, -0.15) is 5.26 Å². The molecule has 15 heavy (non-hydrogen) atoms. The van der Waals surface area contributed by atoms with Gasteiger partial charge in [-0.25, -0.2) is 0 Å². The number of benzene rings is 1. The van der Waals surface area contributed by atoms with Crippen molar-refractivity contribution in [3.05, 3.63) is 28.4 Å². The Bertz CT molecular complexity index is 566. The predicted octanol–water partition coefficient (Wildman–Crippen LogP) is 2.82. The Balaban J connectivity index is 2.93. The van der Waals surface area contributed by atoms with Gasteiger partial charge < -0.3 is 9.30 Å². The van der Waals surface area contributed by atoms with E-state index in [0.717, 1.165) is 21.1 Å². The second kappa shape index (κ2) is 3.59. The predicted molar refractivity (Wildman–Crippen MR) is 61.9 cm³/mol. The van der Waals surface area contributed by atoms with Gasteiger partial charge in [0.2, 0.25) is 0 Å². The van der Waals surface area contributed by atoms with Crippen LogP contribution in [0.3, 0.4) is 0 Å². The van der Waals surface area contributed by atoms with Gasteiger partial charge in [-0.15, -0.1) is 0 Å². The number of nitrogens with zero attached hydrogens (tertiary/aromatic N) is 2. The SMILES string of the molecule is COc1ccc(Br)c2c1cc(C#N)n2C. The summed E-state index contributed by atoms with van der Waals surface area (Å²) in [6.45, 7) is 0. The molecule has 0 saturated heterocycles. The van der Waals surface area contributed by atoms with Crippen LogP contribution in [0, 0.1) is 11.3 Å². The highest BCUT2D eigenvalue weighted by molar-refractivity contribution is 9.10. The number of aromatic nitrogens is 1. The first kappa shape index (κ1) is 10.1. The van der Waals surface area contributed by atoms with Gasteiger partial charge in [0.05, 0.1) is 12.6 Å². The van der Waals surface area contributed by atoms with Crippen molar-refractivity contribution in [2.24, 2.45) is 7.05 Å². The second-order valence-corrected chi connectivity index (χ2v) is 4.07. The summed E-state index contributed by atoms with van der Waals surface area (Å²) in [5.74, 6) is 0.783. The van der Waals surface area contributed by atoms with Gasteiger partial charge in [0.25, 0.3) is 0 Å². The lowest BCUT2D eigenvalue weighted by molar-refractivity contribution is 0.420. The molecule has 0 spiro atoms. The number of halogens is 1. The molecule has 1 aromatic heterocycles. The van der Waals surface area contributed by atoms with Gasteiger partial charge in [0.15, 0.2) is 0 Å². The largest absolute Gasteiger partial charge is 0.496 e. The summed E-state index contributed by atoms with van der Waals surface area (Å²) in [5.41, 5.74) is 1.60. The molecule has 0 aliphatic rings. The third kappa shape index (κ3) is 1.40. The standard InChI is InChI=1S/C11H9BrN2O/c1-14-7(6-13)5-8-10(15-2)4-3-9(12)11(8)14/h3-5H,1-2H3. The summed E-state index contributed by atoms with van der Waals surface area (Å²) < 4.78 is 8.06. The number of rotatable bonds is 1. The lowest BCUT2D eigenvalue weighted by Crippen LogP contribution is -1.91. The smallest absolute Gasteiger partial charge is 0.128 e. The van der Waals surface area contributed by atoms with Crippen LogP contribution in [0.25, 0.3) is 10.9 Å². The van der Waals surface area contributed by atoms with E-state index in [1.165, 1.54) is 0 Å². The van der Waals surface area contributed by atoms with E-state index in [4.69, 9.17) is 10.00 Å². The van der Waals surface area contributed by atoms with E-state index in [2.05, 4.69) is 22.0 Å². The van der Waals surface area contributed by atoms with Crippen LogP contribution in [0.4, 0.5) is 0 Å². The van der Waals surface area contributed by atoms with Crippen molar-refractivity contribution in [3.8, 4) is 11.8 Å². The molecule has 2 aromatic rings. The number of methoxy groups -OCH3 is 1. The van der Waals surface area contributed by atoms with E-state index in [0.29, 0.717) is 5.69 Å². The van der Waals surface area contributed by atoms with Crippen LogP contribution in [-0.2, 0) is 7.05 Å². The first-order valence-corrected chi connectivity index (χ1v) is 5.20. The number of hydrogen-bond acceptors (Lipinski definition) is 2. The maximum Gasteiger partial charge on any atom is 0.128 e. The third-order valence-corrected chi connectivity index (χ3v) is 3.08. The summed E-state index contributed by atoms with van der Waals surface area (Å²) in [4.78, 5) is 0. The Kier molecular flexibility index (Phi) is 2.41. The minimum atomic E-state index is 0.621. The highest BCUT2D eigenvalue weighted by Crippen LogP contribution is 2.33. The van der Waals surface area contributed by atoms with Gasteiger partial charge in [0, 0.05) is 16.9 Å². The van der Waals surface area contributed by atoms with Crippen LogP contribution in [0.2, 0.25) is 0 Å². The normalized spacial score (nSPS) is 10.3. The molecular weight excluding hydrogens is 256 g/mol. The number of ether oxygens (including phenoxy) is 1. The topological polar surface area (TPSA) is 37.9 Å². The first-order chi connectivity index (χ1) is 7.19. The fourth-order valence-corrected chi connectivity index (χ4v) is 2.29. The zero-order chi connectivity index (χ0) is 11.0. The van der Waals surface area contributed by atoms with Crippen molar-refractivity contribution < 1.29 is 4.74 Å². The lowest BCUT2D eigenvalue weighted by Gasteiger charge is -2.04. The maximum absolute atomic E-state index is 8.95. The molecule has 4 heteroatoms. The molecule has 3 nitrogen and oxygen atoms in total. The summed E-state index contributed by atoms with van der Waals surface area (Å²) in [6.07, 6.45) is 0. The molecule has 0 aliphatic carbocycles. The van der Waals surface area contributed by atoms with Crippen molar-refractivity contribution in [2.75, 3.05) is 7.11 Å². The van der Waals surface area contributed by atoms with Crippen LogP contribution >= 0.6 is 15.9 Å². The molecule has 0 unspecified atom stereocenters. The molecule has 2 rings (SSSR count). The molecule has 0 amide bonds. The van der Waals surface area contributed by atoms with Crippen molar-refractivity contribution in [1.82, 2.24) is 4.57 Å². The van der Waals surface area contributed by atoms with E-state index in [-0.39, 0.29) is 0 Å². The van der Waals surface area contributed by atoms with Crippen molar-refractivity contribution in [1.29, 1.82) is 5.26 Å². The van der Waals surface area contributed by atoms with Gasteiger partial charge in [-0.3, -0.25) is 0 Å². The zero-order valence-corrected chi connectivity index (χ0v) is 10.00. The van der Waals surface area contributed by atoms with Gasteiger partial charge in [0.1, 0.15) is 17.5 Å². The van der Waals surface area contributed by atoms with E-state index in [9.17, 15) is 0 Å². The van der Waals surface area contributed by atoms with E-state index in [1.54, 1.807) is 7.11 Å². The molecule has 1 aromatic carbocycles. The van der Waals surface area contributed by atoms with E-state index in [1.807, 2.05) is 29.8 Å². The second-order valence-electron chi connectivity index (χ2n) is 3.21. The first-order valence-electron chi connectivity index (χ1n) is 4.41. The Morgan fingerprint density at radius 2 is 2.20 bits per heavy atom.